The van der Waals surface area contributed by atoms with Crippen LogP contribution in [0.4, 0.5) is 0 Å². The minimum Gasteiger partial charge on any atom is -0.508 e. The Bertz CT molecular complexity index is 394. The number of rotatable bonds is 0. The van der Waals surface area contributed by atoms with Gasteiger partial charge in [-0.25, -0.2) is 0 Å². The molecule has 2 rings (SSSR count). The monoisotopic (exact) mass is 150 g/mol. The molecular weight excluding hydrogens is 144 g/mol. The molecule has 0 aliphatic carbocycles. The summed E-state index contributed by atoms with van der Waals surface area (Å²) in [7, 11) is 0. The van der Waals surface area contributed by atoms with Crippen LogP contribution in [0.5, 0.6) is 11.5 Å². The normalized spacial score (nSPS) is 10.5. The second-order valence-electron chi connectivity index (χ2n) is 2.30. The number of phenolic OH excluding ortho intramolecular Hbond substituents is 2. The van der Waals surface area contributed by atoms with Crippen molar-refractivity contribution in [1.82, 2.24) is 10.2 Å². The summed E-state index contributed by atoms with van der Waals surface area (Å²) in [6, 6.07) is 2.78. The number of nitrogens with zero attached hydrogens (tertiary/aromatic N) is 1. The van der Waals surface area contributed by atoms with Crippen LogP contribution in [0.25, 0.3) is 10.9 Å². The molecule has 0 saturated carbocycles. The van der Waals surface area contributed by atoms with Crippen LogP contribution in [-0.2, 0) is 0 Å². The van der Waals surface area contributed by atoms with Gasteiger partial charge in [-0.05, 0) is 0 Å². The first kappa shape index (κ1) is 6.03. The highest BCUT2D eigenvalue weighted by molar-refractivity contribution is 5.85. The van der Waals surface area contributed by atoms with Crippen molar-refractivity contribution in [2.24, 2.45) is 0 Å². The van der Waals surface area contributed by atoms with Gasteiger partial charge in [-0.1, -0.05) is 0 Å². The molecule has 0 saturated heterocycles. The molecular formula is C7H6N2O2. The topological polar surface area (TPSA) is 69.1 Å². The first-order chi connectivity index (χ1) is 5.27. The van der Waals surface area contributed by atoms with Gasteiger partial charge in [-0.2, -0.15) is 5.10 Å². The number of aromatic nitrogens is 2. The number of aromatic hydroxyl groups is 2. The fourth-order valence-electron chi connectivity index (χ4n) is 1.02. The Balaban J connectivity index is 2.91. The van der Waals surface area contributed by atoms with Gasteiger partial charge in [-0.3, -0.25) is 5.10 Å². The fourth-order valence-corrected chi connectivity index (χ4v) is 1.02. The molecule has 2 aromatic rings. The Kier molecular flexibility index (Phi) is 1.03. The smallest absolute Gasteiger partial charge is 0.130 e. The third kappa shape index (κ3) is 0.797. The fraction of sp³-hybridized carbons (Fsp3) is 0. The largest absolute Gasteiger partial charge is 0.508 e. The van der Waals surface area contributed by atoms with E-state index in [9.17, 15) is 5.11 Å². The van der Waals surface area contributed by atoms with Gasteiger partial charge < -0.3 is 10.2 Å². The molecule has 0 aliphatic rings. The molecule has 1 aromatic heterocycles. The number of aromatic amines is 1. The van der Waals surface area contributed by atoms with Crippen LogP contribution < -0.4 is 0 Å². The van der Waals surface area contributed by atoms with Crippen molar-refractivity contribution < 1.29 is 10.2 Å². The summed E-state index contributed by atoms with van der Waals surface area (Å²) in [5, 5.41) is 25.2. The van der Waals surface area contributed by atoms with Gasteiger partial charge in [0.2, 0.25) is 0 Å². The molecule has 0 spiro atoms. The third-order valence-corrected chi connectivity index (χ3v) is 1.52. The molecule has 56 valence electrons. The lowest BCUT2D eigenvalue weighted by Gasteiger charge is -1.94. The van der Waals surface area contributed by atoms with Gasteiger partial charge in [0.05, 0.1) is 17.1 Å². The van der Waals surface area contributed by atoms with Crippen molar-refractivity contribution in [3.63, 3.8) is 0 Å². The number of hydrogen-bond acceptors (Lipinski definition) is 3. The van der Waals surface area contributed by atoms with E-state index in [2.05, 4.69) is 10.2 Å². The summed E-state index contributed by atoms with van der Waals surface area (Å²) in [6.45, 7) is 0. The lowest BCUT2D eigenvalue weighted by molar-refractivity contribution is 0.455. The summed E-state index contributed by atoms with van der Waals surface area (Å²) >= 11 is 0. The maximum Gasteiger partial charge on any atom is 0.130 e. The van der Waals surface area contributed by atoms with Crippen molar-refractivity contribution in [1.29, 1.82) is 0 Å². The van der Waals surface area contributed by atoms with Gasteiger partial charge in [0.15, 0.2) is 0 Å². The van der Waals surface area contributed by atoms with E-state index in [1.165, 1.54) is 18.3 Å². The Morgan fingerprint density at radius 1 is 1.27 bits per heavy atom. The maximum atomic E-state index is 9.22. The standard InChI is InChI=1S/C7H6N2O2/c10-4-1-6-5(3-8-9-6)7(11)2-4/h1-3,10-11H,(H,8,9). The zero-order chi connectivity index (χ0) is 7.84. The predicted molar refractivity (Wildman–Crippen MR) is 39.4 cm³/mol. The molecule has 0 bridgehead atoms. The Morgan fingerprint density at radius 2 is 2.09 bits per heavy atom. The molecule has 0 aliphatic heterocycles. The first-order valence-corrected chi connectivity index (χ1v) is 3.12. The highest BCUT2D eigenvalue weighted by Gasteiger charge is 2.02. The number of phenols is 2. The zero-order valence-electron chi connectivity index (χ0n) is 5.57. The summed E-state index contributed by atoms with van der Waals surface area (Å²) in [5.41, 5.74) is 0.627. The number of benzene rings is 1. The van der Waals surface area contributed by atoms with Crippen LogP contribution in [0, 0.1) is 0 Å². The molecule has 1 heterocycles. The first-order valence-electron chi connectivity index (χ1n) is 3.12. The van der Waals surface area contributed by atoms with Crippen molar-refractivity contribution in [3.8, 4) is 11.5 Å². The van der Waals surface area contributed by atoms with Gasteiger partial charge in [0.25, 0.3) is 0 Å². The number of H-pyrrole nitrogens is 1. The molecule has 1 aromatic carbocycles. The average molecular weight is 150 g/mol. The average Bonchev–Trinajstić information content (AvgIpc) is 2.34. The summed E-state index contributed by atoms with van der Waals surface area (Å²) in [5.74, 6) is 0.0630. The molecule has 0 fully saturated rings. The lowest BCUT2D eigenvalue weighted by atomic mass is 10.2. The van der Waals surface area contributed by atoms with E-state index in [4.69, 9.17) is 5.11 Å². The third-order valence-electron chi connectivity index (χ3n) is 1.52. The second-order valence-corrected chi connectivity index (χ2v) is 2.30. The van der Waals surface area contributed by atoms with E-state index in [1.807, 2.05) is 0 Å². The summed E-state index contributed by atoms with van der Waals surface area (Å²) in [4.78, 5) is 0. The number of hydrogen-bond donors (Lipinski definition) is 3. The highest BCUT2D eigenvalue weighted by Crippen LogP contribution is 2.27. The van der Waals surface area contributed by atoms with Gasteiger partial charge >= 0.3 is 0 Å². The minimum atomic E-state index is 0.0271. The van der Waals surface area contributed by atoms with Crippen molar-refractivity contribution >= 4 is 10.9 Å². The lowest BCUT2D eigenvalue weighted by Crippen LogP contribution is -1.70. The van der Waals surface area contributed by atoms with Gasteiger partial charge in [0.1, 0.15) is 11.5 Å². The molecule has 4 nitrogen and oxygen atoms in total. The van der Waals surface area contributed by atoms with Crippen LogP contribution in [-0.4, -0.2) is 20.4 Å². The molecule has 11 heavy (non-hydrogen) atoms. The molecule has 0 unspecified atom stereocenters. The number of fused-ring (bicyclic) bond motifs is 1. The van der Waals surface area contributed by atoms with E-state index in [0.29, 0.717) is 10.9 Å². The molecule has 3 N–H and O–H groups in total. The van der Waals surface area contributed by atoms with E-state index in [-0.39, 0.29) is 11.5 Å². The maximum absolute atomic E-state index is 9.22. The van der Waals surface area contributed by atoms with E-state index in [0.717, 1.165) is 0 Å². The van der Waals surface area contributed by atoms with Crippen LogP contribution in [0.1, 0.15) is 0 Å². The Labute approximate surface area is 62.1 Å². The zero-order valence-corrected chi connectivity index (χ0v) is 5.57. The highest BCUT2D eigenvalue weighted by atomic mass is 16.3. The minimum absolute atomic E-state index is 0.0271. The van der Waals surface area contributed by atoms with E-state index >= 15 is 0 Å². The van der Waals surface area contributed by atoms with Crippen LogP contribution >= 0.6 is 0 Å². The molecule has 0 radical (unpaired) electrons. The van der Waals surface area contributed by atoms with Gasteiger partial charge in [-0.15, -0.1) is 0 Å². The van der Waals surface area contributed by atoms with Crippen molar-refractivity contribution in [2.75, 3.05) is 0 Å². The van der Waals surface area contributed by atoms with E-state index in [1.54, 1.807) is 0 Å². The van der Waals surface area contributed by atoms with Crippen molar-refractivity contribution in [3.05, 3.63) is 18.3 Å². The molecule has 0 amide bonds. The van der Waals surface area contributed by atoms with E-state index < -0.39 is 0 Å². The van der Waals surface area contributed by atoms with Gasteiger partial charge in [0, 0.05) is 12.1 Å². The van der Waals surface area contributed by atoms with Crippen LogP contribution in [0.15, 0.2) is 18.3 Å². The molecule has 0 atom stereocenters. The second kappa shape index (κ2) is 1.88. The summed E-state index contributed by atoms with van der Waals surface area (Å²) < 4.78 is 0. The summed E-state index contributed by atoms with van der Waals surface area (Å²) in [6.07, 6.45) is 1.50. The van der Waals surface area contributed by atoms with Crippen LogP contribution in [0.2, 0.25) is 0 Å². The number of nitrogens with one attached hydrogen (secondary N) is 1. The van der Waals surface area contributed by atoms with Crippen molar-refractivity contribution in [2.45, 2.75) is 0 Å². The Morgan fingerprint density at radius 3 is 2.91 bits per heavy atom. The quantitative estimate of drug-likeness (QED) is 0.524. The SMILES string of the molecule is Oc1cc(O)c2cn[nH]c2c1. The van der Waals surface area contributed by atoms with Crippen LogP contribution in [0.3, 0.4) is 0 Å². The Hall–Kier alpha value is -1.71. The molecule has 4 heteroatoms. The predicted octanol–water partition coefficient (Wildman–Crippen LogP) is 0.974.